The first-order valence-electron chi connectivity index (χ1n) is 14.6. The predicted molar refractivity (Wildman–Crippen MR) is 163 cm³/mol. The lowest BCUT2D eigenvalue weighted by molar-refractivity contribution is 0.0627. The number of anilines is 3. The second-order valence-electron chi connectivity index (χ2n) is 11.4. The Morgan fingerprint density at radius 2 is 1.88 bits per heavy atom. The van der Waals surface area contributed by atoms with Crippen molar-refractivity contribution in [1.29, 1.82) is 5.26 Å². The van der Waals surface area contributed by atoms with Gasteiger partial charge < -0.3 is 25.8 Å². The van der Waals surface area contributed by atoms with E-state index in [1.54, 1.807) is 12.3 Å². The van der Waals surface area contributed by atoms with Gasteiger partial charge in [-0.05, 0) is 87.6 Å². The fourth-order valence-electron chi connectivity index (χ4n) is 6.62. The minimum Gasteiger partial charge on any atom is -0.382 e. The Labute approximate surface area is 247 Å². The zero-order valence-electron chi connectivity index (χ0n) is 24.8. The third kappa shape index (κ3) is 5.61. The molecule has 0 spiro atoms. The fourth-order valence-corrected chi connectivity index (χ4v) is 6.62. The fraction of sp³-hybridized carbons (Fsp3) is 0.438. The number of hydrogen-bond acceptors (Lipinski definition) is 8. The normalized spacial score (nSPS) is 19.5. The Bertz CT molecular complexity index is 1480. The van der Waals surface area contributed by atoms with Crippen LogP contribution < -0.4 is 20.9 Å². The van der Waals surface area contributed by atoms with Crippen molar-refractivity contribution < 1.29 is 9.18 Å². The van der Waals surface area contributed by atoms with Crippen molar-refractivity contribution in [3.63, 3.8) is 0 Å². The Kier molecular flexibility index (Phi) is 8.59. The van der Waals surface area contributed by atoms with Crippen molar-refractivity contribution in [2.24, 2.45) is 5.73 Å². The largest absolute Gasteiger partial charge is 0.382 e. The lowest BCUT2D eigenvalue weighted by atomic mass is 9.93. The summed E-state index contributed by atoms with van der Waals surface area (Å²) in [7, 11) is 0. The number of nitrogens with zero attached hydrogens (tertiary/aromatic N) is 6. The predicted octanol–water partition coefficient (Wildman–Crippen LogP) is 4.17. The zero-order valence-corrected chi connectivity index (χ0v) is 24.8. The van der Waals surface area contributed by atoms with Gasteiger partial charge in [-0.3, -0.25) is 4.79 Å². The maximum atomic E-state index is 14.1. The number of benzene rings is 2. The van der Waals surface area contributed by atoms with Crippen LogP contribution in [0.4, 0.5) is 21.6 Å². The second kappa shape index (κ2) is 12.3. The van der Waals surface area contributed by atoms with Gasteiger partial charge in [0.15, 0.2) is 5.82 Å². The molecule has 0 radical (unpaired) electrons. The molecule has 42 heavy (non-hydrogen) atoms. The molecule has 3 aromatic rings. The van der Waals surface area contributed by atoms with Crippen LogP contribution >= 0.6 is 0 Å². The quantitative estimate of drug-likeness (QED) is 0.454. The van der Waals surface area contributed by atoms with E-state index in [2.05, 4.69) is 51.3 Å². The number of amides is 1. The number of nitrogens with one attached hydrogen (secondary N) is 1. The van der Waals surface area contributed by atoms with E-state index < -0.39 is 5.82 Å². The summed E-state index contributed by atoms with van der Waals surface area (Å²) in [5, 5.41) is 21.5. The number of piperazine rings is 1. The highest BCUT2D eigenvalue weighted by Crippen LogP contribution is 2.33. The van der Waals surface area contributed by atoms with Crippen LogP contribution in [0.25, 0.3) is 0 Å². The number of aromatic nitrogens is 2. The number of halogens is 1. The maximum Gasteiger partial charge on any atom is 0.254 e. The van der Waals surface area contributed by atoms with Crippen LogP contribution in [0.5, 0.6) is 0 Å². The number of aryl methyl sites for hydroxylation is 2. The summed E-state index contributed by atoms with van der Waals surface area (Å²) in [5.41, 5.74) is 12.1. The van der Waals surface area contributed by atoms with Crippen LogP contribution in [0.1, 0.15) is 52.4 Å². The maximum absolute atomic E-state index is 14.1. The molecule has 220 valence electrons. The first-order chi connectivity index (χ1) is 20.2. The van der Waals surface area contributed by atoms with Crippen molar-refractivity contribution in [2.75, 3.05) is 47.8 Å². The first kappa shape index (κ1) is 29.3. The number of hydrogen-bond donors (Lipinski definition) is 2. The molecule has 10 heteroatoms. The molecule has 1 amide bonds. The molecule has 0 saturated carbocycles. The number of nitriles is 1. The molecule has 2 aliphatic heterocycles. The van der Waals surface area contributed by atoms with E-state index in [0.717, 1.165) is 65.4 Å². The standard InChI is InChI=1S/C32H39FN8O/c1-20-16-21(2)31(37-26-9-12-39(13-10-26)27-8-7-25(33)17-24(27)18-34)22(3)30(20)32(42)40-14-15-41(28(19-35)23(40)4)29-6-5-11-36-38-29/h5-8,11,16-17,23,26,28,37H,9-10,12-15,19,35H2,1-4H3/t23-,28+/m0/s1. The first-order valence-corrected chi connectivity index (χ1v) is 14.6. The molecular weight excluding hydrogens is 531 g/mol. The Morgan fingerprint density at radius 3 is 2.55 bits per heavy atom. The molecule has 0 unspecified atom stereocenters. The summed E-state index contributed by atoms with van der Waals surface area (Å²) < 4.78 is 13.6. The van der Waals surface area contributed by atoms with Crippen molar-refractivity contribution in [3.8, 4) is 6.07 Å². The van der Waals surface area contributed by atoms with Gasteiger partial charge in [-0.2, -0.15) is 10.4 Å². The molecule has 2 atom stereocenters. The van der Waals surface area contributed by atoms with Gasteiger partial charge in [0, 0.05) is 56.2 Å². The number of piperidine rings is 1. The van der Waals surface area contributed by atoms with Gasteiger partial charge in [-0.15, -0.1) is 5.10 Å². The average Bonchev–Trinajstić information content (AvgIpc) is 2.99. The molecule has 2 aromatic carbocycles. The molecule has 5 rings (SSSR count). The van der Waals surface area contributed by atoms with Gasteiger partial charge in [0.05, 0.1) is 23.3 Å². The van der Waals surface area contributed by atoms with E-state index in [-0.39, 0.29) is 24.0 Å². The third-order valence-electron chi connectivity index (χ3n) is 8.83. The molecule has 2 fully saturated rings. The Hall–Kier alpha value is -4.23. The van der Waals surface area contributed by atoms with Crippen molar-refractivity contribution >= 4 is 23.1 Å². The van der Waals surface area contributed by atoms with Crippen LogP contribution in [0, 0.1) is 37.9 Å². The molecule has 2 saturated heterocycles. The zero-order chi connectivity index (χ0) is 30.0. The SMILES string of the molecule is Cc1cc(C)c(C(=O)N2CCN(c3cccnn3)[C@H](CN)[C@@H]2C)c(C)c1NC1CCN(c2ccc(F)cc2C#N)CC1. The smallest absolute Gasteiger partial charge is 0.254 e. The summed E-state index contributed by atoms with van der Waals surface area (Å²) in [5.74, 6) is 0.395. The highest BCUT2D eigenvalue weighted by Gasteiger charge is 2.37. The van der Waals surface area contributed by atoms with Gasteiger partial charge in [0.25, 0.3) is 5.91 Å². The van der Waals surface area contributed by atoms with E-state index in [4.69, 9.17) is 5.73 Å². The van der Waals surface area contributed by atoms with Gasteiger partial charge in [-0.25, -0.2) is 4.39 Å². The van der Waals surface area contributed by atoms with Crippen LogP contribution in [0.2, 0.25) is 0 Å². The van der Waals surface area contributed by atoms with Gasteiger partial charge in [0.2, 0.25) is 0 Å². The summed E-state index contributed by atoms with van der Waals surface area (Å²) in [4.78, 5) is 20.4. The third-order valence-corrected chi connectivity index (χ3v) is 8.83. The highest BCUT2D eigenvalue weighted by molar-refractivity contribution is 5.99. The van der Waals surface area contributed by atoms with Crippen LogP contribution in [0.3, 0.4) is 0 Å². The summed E-state index contributed by atoms with van der Waals surface area (Å²) in [6.07, 6.45) is 3.37. The van der Waals surface area contributed by atoms with E-state index in [9.17, 15) is 14.4 Å². The molecular formula is C32H39FN8O. The summed E-state index contributed by atoms with van der Waals surface area (Å²) in [6.45, 7) is 11.3. The molecule has 1 aromatic heterocycles. The Morgan fingerprint density at radius 1 is 1.12 bits per heavy atom. The average molecular weight is 571 g/mol. The van der Waals surface area contributed by atoms with Crippen molar-refractivity contribution in [2.45, 2.75) is 58.7 Å². The topological polar surface area (TPSA) is 114 Å². The van der Waals surface area contributed by atoms with E-state index in [1.807, 2.05) is 30.9 Å². The Balaban J connectivity index is 1.32. The molecule has 3 heterocycles. The van der Waals surface area contributed by atoms with E-state index in [1.165, 1.54) is 12.1 Å². The monoisotopic (exact) mass is 570 g/mol. The van der Waals surface area contributed by atoms with Gasteiger partial charge in [0.1, 0.15) is 11.9 Å². The van der Waals surface area contributed by atoms with Crippen molar-refractivity contribution in [3.05, 3.63) is 76.2 Å². The molecule has 9 nitrogen and oxygen atoms in total. The number of carbonyl (C=O) groups is 1. The van der Waals surface area contributed by atoms with E-state index >= 15 is 0 Å². The lowest BCUT2D eigenvalue weighted by Gasteiger charge is -2.46. The highest BCUT2D eigenvalue weighted by atomic mass is 19.1. The molecule has 2 aliphatic rings. The number of carbonyl (C=O) groups excluding carboxylic acids is 1. The summed E-state index contributed by atoms with van der Waals surface area (Å²) >= 11 is 0. The molecule has 0 bridgehead atoms. The van der Waals surface area contributed by atoms with Crippen molar-refractivity contribution in [1.82, 2.24) is 15.1 Å². The molecule has 3 N–H and O–H groups in total. The number of rotatable bonds is 6. The molecule has 0 aliphatic carbocycles. The lowest BCUT2D eigenvalue weighted by Crippen LogP contribution is -2.62. The minimum absolute atomic E-state index is 0.0213. The number of nitrogens with two attached hydrogens (primary N) is 1. The minimum atomic E-state index is -0.400. The van der Waals surface area contributed by atoms with E-state index in [0.29, 0.717) is 25.2 Å². The van der Waals surface area contributed by atoms with Gasteiger partial charge >= 0.3 is 0 Å². The summed E-state index contributed by atoms with van der Waals surface area (Å²) in [6, 6.07) is 12.4. The van der Waals surface area contributed by atoms with Gasteiger partial charge in [-0.1, -0.05) is 6.07 Å². The van der Waals surface area contributed by atoms with Crippen LogP contribution in [0.15, 0.2) is 42.6 Å². The second-order valence-corrected chi connectivity index (χ2v) is 11.4. The van der Waals surface area contributed by atoms with Crippen LogP contribution in [-0.2, 0) is 0 Å². The van der Waals surface area contributed by atoms with Crippen LogP contribution in [-0.4, -0.2) is 71.9 Å².